The standard InChI is InChI=1S/C12H12O2/c1-2-5-11(6-3-1)7-8-12-13-9-4-10-14-12/h1-3,5-6,12H,4,9-10H2. The van der Waals surface area contributed by atoms with E-state index in [0.29, 0.717) is 0 Å². The number of hydrogen-bond acceptors (Lipinski definition) is 2. The van der Waals surface area contributed by atoms with Crippen LogP contribution in [0.5, 0.6) is 0 Å². The summed E-state index contributed by atoms with van der Waals surface area (Å²) in [6.07, 6.45) is 0.618. The Kier molecular flexibility index (Phi) is 3.18. The minimum Gasteiger partial charge on any atom is -0.342 e. The normalized spacial score (nSPS) is 17.1. The molecule has 1 heterocycles. The first kappa shape index (κ1) is 9.26. The molecule has 2 rings (SSSR count). The van der Waals surface area contributed by atoms with Gasteiger partial charge in [-0.1, -0.05) is 24.1 Å². The SMILES string of the molecule is C(#CC1OCCCO1)c1ccccc1. The largest absolute Gasteiger partial charge is 0.342 e. The lowest BCUT2D eigenvalue weighted by molar-refractivity contribution is -0.144. The molecule has 0 N–H and O–H groups in total. The summed E-state index contributed by atoms with van der Waals surface area (Å²) in [4.78, 5) is 0. The monoisotopic (exact) mass is 188 g/mol. The minimum atomic E-state index is -0.344. The van der Waals surface area contributed by atoms with Crippen molar-refractivity contribution in [3.05, 3.63) is 35.9 Å². The van der Waals surface area contributed by atoms with Crippen molar-refractivity contribution < 1.29 is 9.47 Å². The van der Waals surface area contributed by atoms with Gasteiger partial charge in [0.1, 0.15) is 0 Å². The molecule has 1 fully saturated rings. The molecule has 1 aliphatic heterocycles. The van der Waals surface area contributed by atoms with E-state index in [2.05, 4.69) is 11.8 Å². The Morgan fingerprint density at radius 3 is 2.50 bits per heavy atom. The Labute approximate surface area is 83.8 Å². The molecule has 72 valence electrons. The van der Waals surface area contributed by atoms with Crippen molar-refractivity contribution in [3.63, 3.8) is 0 Å². The second kappa shape index (κ2) is 4.80. The topological polar surface area (TPSA) is 18.5 Å². The Morgan fingerprint density at radius 2 is 1.79 bits per heavy atom. The number of benzene rings is 1. The van der Waals surface area contributed by atoms with Gasteiger partial charge in [0, 0.05) is 5.56 Å². The molecular weight excluding hydrogens is 176 g/mol. The fourth-order valence-corrected chi connectivity index (χ4v) is 1.23. The quantitative estimate of drug-likeness (QED) is 0.578. The maximum absolute atomic E-state index is 5.30. The third-order valence-electron chi connectivity index (χ3n) is 1.94. The maximum atomic E-state index is 5.30. The van der Waals surface area contributed by atoms with Crippen LogP contribution in [0.25, 0.3) is 0 Å². The second-order valence-corrected chi connectivity index (χ2v) is 3.06. The van der Waals surface area contributed by atoms with Gasteiger partial charge < -0.3 is 9.47 Å². The average molecular weight is 188 g/mol. The van der Waals surface area contributed by atoms with Crippen molar-refractivity contribution in [1.29, 1.82) is 0 Å². The number of hydrogen-bond donors (Lipinski definition) is 0. The van der Waals surface area contributed by atoms with Gasteiger partial charge in [0.25, 0.3) is 0 Å². The zero-order valence-corrected chi connectivity index (χ0v) is 7.90. The highest BCUT2D eigenvalue weighted by Gasteiger charge is 2.09. The molecular formula is C12H12O2. The zero-order valence-electron chi connectivity index (χ0n) is 7.90. The van der Waals surface area contributed by atoms with Gasteiger partial charge in [-0.3, -0.25) is 0 Å². The molecule has 0 aromatic heterocycles. The summed E-state index contributed by atoms with van der Waals surface area (Å²) < 4.78 is 10.6. The summed E-state index contributed by atoms with van der Waals surface area (Å²) >= 11 is 0. The van der Waals surface area contributed by atoms with Crippen molar-refractivity contribution >= 4 is 0 Å². The van der Waals surface area contributed by atoms with Crippen molar-refractivity contribution in [2.45, 2.75) is 12.7 Å². The molecule has 0 saturated carbocycles. The number of rotatable bonds is 0. The summed E-state index contributed by atoms with van der Waals surface area (Å²) in [7, 11) is 0. The highest BCUT2D eigenvalue weighted by atomic mass is 16.7. The van der Waals surface area contributed by atoms with Gasteiger partial charge >= 0.3 is 0 Å². The molecule has 0 unspecified atom stereocenters. The molecule has 1 aliphatic rings. The van der Waals surface area contributed by atoms with Crippen LogP contribution in [-0.2, 0) is 9.47 Å². The van der Waals surface area contributed by atoms with Gasteiger partial charge in [-0.25, -0.2) is 0 Å². The second-order valence-electron chi connectivity index (χ2n) is 3.06. The molecule has 2 nitrogen and oxygen atoms in total. The fourth-order valence-electron chi connectivity index (χ4n) is 1.23. The third kappa shape index (κ3) is 2.59. The summed E-state index contributed by atoms with van der Waals surface area (Å²) in [5.41, 5.74) is 0.991. The van der Waals surface area contributed by atoms with Crippen LogP contribution in [0.15, 0.2) is 30.3 Å². The molecule has 0 bridgehead atoms. The lowest BCUT2D eigenvalue weighted by atomic mass is 10.2. The minimum absolute atomic E-state index is 0.344. The maximum Gasteiger partial charge on any atom is 0.222 e. The van der Waals surface area contributed by atoms with E-state index < -0.39 is 0 Å². The van der Waals surface area contributed by atoms with Crippen LogP contribution in [0.2, 0.25) is 0 Å². The Hall–Kier alpha value is -1.30. The lowest BCUT2D eigenvalue weighted by Crippen LogP contribution is -2.23. The first-order valence-corrected chi connectivity index (χ1v) is 4.75. The summed E-state index contributed by atoms with van der Waals surface area (Å²) in [5, 5.41) is 0. The Bertz CT molecular complexity index is 328. The molecule has 1 aromatic rings. The average Bonchev–Trinajstić information content (AvgIpc) is 2.29. The van der Waals surface area contributed by atoms with Crippen LogP contribution in [0.1, 0.15) is 12.0 Å². The molecule has 0 aliphatic carbocycles. The van der Waals surface area contributed by atoms with E-state index in [9.17, 15) is 0 Å². The molecule has 2 heteroatoms. The van der Waals surface area contributed by atoms with Gasteiger partial charge in [-0.2, -0.15) is 0 Å². The molecule has 0 amide bonds. The van der Waals surface area contributed by atoms with Gasteiger partial charge in [0.2, 0.25) is 6.29 Å². The molecule has 14 heavy (non-hydrogen) atoms. The van der Waals surface area contributed by atoms with E-state index >= 15 is 0 Å². The predicted octanol–water partition coefficient (Wildman–Crippen LogP) is 1.80. The van der Waals surface area contributed by atoms with Crippen LogP contribution in [0.4, 0.5) is 0 Å². The Morgan fingerprint density at radius 1 is 1.07 bits per heavy atom. The summed E-state index contributed by atoms with van der Waals surface area (Å²) in [6.45, 7) is 1.49. The molecule has 0 spiro atoms. The highest BCUT2D eigenvalue weighted by Crippen LogP contribution is 2.03. The highest BCUT2D eigenvalue weighted by molar-refractivity contribution is 5.34. The van der Waals surface area contributed by atoms with E-state index in [0.717, 1.165) is 25.2 Å². The van der Waals surface area contributed by atoms with E-state index in [1.807, 2.05) is 30.3 Å². The summed E-state index contributed by atoms with van der Waals surface area (Å²) in [5.74, 6) is 5.96. The van der Waals surface area contributed by atoms with Gasteiger partial charge in [0.05, 0.1) is 13.2 Å². The van der Waals surface area contributed by atoms with Crippen LogP contribution in [0, 0.1) is 11.8 Å². The van der Waals surface area contributed by atoms with Gasteiger partial charge in [0.15, 0.2) is 0 Å². The molecule has 1 saturated heterocycles. The molecule has 0 atom stereocenters. The van der Waals surface area contributed by atoms with Crippen LogP contribution < -0.4 is 0 Å². The van der Waals surface area contributed by atoms with Crippen LogP contribution in [-0.4, -0.2) is 19.5 Å². The first-order chi connectivity index (χ1) is 6.95. The fraction of sp³-hybridized carbons (Fsp3) is 0.333. The predicted molar refractivity (Wildman–Crippen MR) is 53.6 cm³/mol. The molecule has 1 aromatic carbocycles. The van der Waals surface area contributed by atoms with Crippen LogP contribution >= 0.6 is 0 Å². The Balaban J connectivity index is 1.99. The van der Waals surface area contributed by atoms with Crippen molar-refractivity contribution in [3.8, 4) is 11.8 Å². The lowest BCUT2D eigenvalue weighted by Gasteiger charge is -2.17. The van der Waals surface area contributed by atoms with Crippen LogP contribution in [0.3, 0.4) is 0 Å². The van der Waals surface area contributed by atoms with Crippen molar-refractivity contribution in [1.82, 2.24) is 0 Å². The smallest absolute Gasteiger partial charge is 0.222 e. The van der Waals surface area contributed by atoms with E-state index in [-0.39, 0.29) is 6.29 Å². The van der Waals surface area contributed by atoms with Gasteiger partial charge in [-0.15, -0.1) is 0 Å². The first-order valence-electron chi connectivity index (χ1n) is 4.75. The van der Waals surface area contributed by atoms with Crippen molar-refractivity contribution in [2.75, 3.05) is 13.2 Å². The number of ether oxygens (including phenoxy) is 2. The molecule has 0 radical (unpaired) electrons. The van der Waals surface area contributed by atoms with E-state index in [1.54, 1.807) is 0 Å². The van der Waals surface area contributed by atoms with Gasteiger partial charge in [-0.05, 0) is 24.5 Å². The zero-order chi connectivity index (χ0) is 9.64. The van der Waals surface area contributed by atoms with E-state index in [4.69, 9.17) is 9.47 Å². The van der Waals surface area contributed by atoms with Crippen molar-refractivity contribution in [2.24, 2.45) is 0 Å². The summed E-state index contributed by atoms with van der Waals surface area (Å²) in [6, 6.07) is 9.84. The third-order valence-corrected chi connectivity index (χ3v) is 1.94. The van der Waals surface area contributed by atoms with E-state index in [1.165, 1.54) is 0 Å².